The number of methoxy groups -OCH3 is 2. The molecule has 3 aromatic carbocycles. The molecule has 0 amide bonds. The van der Waals surface area contributed by atoms with Gasteiger partial charge in [-0.25, -0.2) is 9.98 Å². The van der Waals surface area contributed by atoms with Crippen LogP contribution in [0.2, 0.25) is 0 Å². The van der Waals surface area contributed by atoms with Crippen LogP contribution >= 0.6 is 104 Å². The normalized spacial score (nSPS) is 18.6. The zero-order valence-electron chi connectivity index (χ0n) is 20.5. The number of alkyl halides is 9. The largest absolute Gasteiger partial charge is 0.497 e. The van der Waals surface area contributed by atoms with Crippen molar-refractivity contribution in [2.75, 3.05) is 14.2 Å². The lowest BCUT2D eigenvalue weighted by Gasteiger charge is -2.49. The van der Waals surface area contributed by atoms with Crippen molar-refractivity contribution in [2.45, 2.75) is 17.2 Å². The van der Waals surface area contributed by atoms with Crippen LogP contribution in [0.15, 0.2) is 76.7 Å². The van der Waals surface area contributed by atoms with Gasteiger partial charge in [0.1, 0.15) is 11.5 Å². The molecular formula is C26H18Cl9N3O2. The number of aliphatic imine (C=N–C) groups is 2. The number of ether oxygens (including phenoxy) is 2. The maximum absolute atomic E-state index is 6.60. The van der Waals surface area contributed by atoms with Crippen molar-refractivity contribution >= 4 is 133 Å². The first-order chi connectivity index (χ1) is 18.6. The number of amidine groups is 2. The molecule has 3 aromatic rings. The average molecular weight is 724 g/mol. The van der Waals surface area contributed by atoms with Gasteiger partial charge in [0, 0.05) is 10.9 Å². The minimum atomic E-state index is -2.28. The van der Waals surface area contributed by atoms with Crippen LogP contribution in [0.3, 0.4) is 0 Å². The topological polar surface area (TPSA) is 46.4 Å². The zero-order chi connectivity index (χ0) is 29.5. The van der Waals surface area contributed by atoms with Gasteiger partial charge in [0.25, 0.3) is 3.92 Å². The number of hydrogen-bond acceptors (Lipinski definition) is 5. The summed E-state index contributed by atoms with van der Waals surface area (Å²) >= 11 is 57.9. The Kier molecular flexibility index (Phi) is 9.54. The monoisotopic (exact) mass is 719 g/mol. The average Bonchev–Trinajstić information content (AvgIpc) is 2.89. The van der Waals surface area contributed by atoms with E-state index in [1.165, 1.54) is 0 Å². The third-order valence-corrected chi connectivity index (χ3v) is 7.45. The van der Waals surface area contributed by atoms with Crippen LogP contribution in [0.25, 0.3) is 16.8 Å². The van der Waals surface area contributed by atoms with Gasteiger partial charge in [-0.3, -0.25) is 4.90 Å². The van der Waals surface area contributed by atoms with E-state index in [0.717, 1.165) is 15.8 Å². The van der Waals surface area contributed by atoms with Crippen LogP contribution in [0.1, 0.15) is 11.1 Å². The maximum atomic E-state index is 6.60. The Labute approximate surface area is 276 Å². The highest BCUT2D eigenvalue weighted by atomic mass is 35.6. The molecule has 4 rings (SSSR count). The molecule has 0 saturated carbocycles. The van der Waals surface area contributed by atoms with Crippen molar-refractivity contribution < 1.29 is 9.47 Å². The fourth-order valence-electron chi connectivity index (χ4n) is 4.26. The first-order valence-electron chi connectivity index (χ1n) is 11.2. The number of halogens is 9. The predicted molar refractivity (Wildman–Crippen MR) is 172 cm³/mol. The Morgan fingerprint density at radius 2 is 1.38 bits per heavy atom. The second-order valence-corrected chi connectivity index (χ2v) is 15.1. The third kappa shape index (κ3) is 6.49. The Balaban J connectivity index is 2.16. The summed E-state index contributed by atoms with van der Waals surface area (Å²) in [5.41, 5.74) is -0.559. The lowest BCUT2D eigenvalue weighted by Crippen LogP contribution is -2.59. The van der Waals surface area contributed by atoms with E-state index >= 15 is 0 Å². The molecule has 40 heavy (non-hydrogen) atoms. The van der Waals surface area contributed by atoms with Crippen molar-refractivity contribution in [2.24, 2.45) is 9.98 Å². The molecule has 0 aliphatic carbocycles. The molecule has 0 bridgehead atoms. The van der Waals surface area contributed by atoms with Crippen molar-refractivity contribution in [3.8, 4) is 11.5 Å². The summed E-state index contributed by atoms with van der Waals surface area (Å²) < 4.78 is 4.18. The van der Waals surface area contributed by atoms with E-state index in [1.807, 2.05) is 36.4 Å². The van der Waals surface area contributed by atoms with E-state index in [1.54, 1.807) is 50.6 Å². The smallest absolute Gasteiger partial charge is 0.271 e. The Bertz CT molecular complexity index is 1490. The predicted octanol–water partition coefficient (Wildman–Crippen LogP) is 9.90. The fraction of sp³-hybridized carbons (Fsp3) is 0.231. The first-order valence-corrected chi connectivity index (χ1v) is 14.6. The van der Waals surface area contributed by atoms with Gasteiger partial charge < -0.3 is 9.47 Å². The molecule has 5 nitrogen and oxygen atoms in total. The van der Waals surface area contributed by atoms with Crippen LogP contribution in [0.5, 0.6) is 11.5 Å². The molecule has 1 heterocycles. The van der Waals surface area contributed by atoms with Gasteiger partial charge in [-0.05, 0) is 35.2 Å². The van der Waals surface area contributed by atoms with Crippen LogP contribution in [-0.4, -0.2) is 42.3 Å². The molecule has 1 aliphatic rings. The van der Waals surface area contributed by atoms with Crippen LogP contribution in [-0.2, 0) is 5.66 Å². The number of nitrogens with zero attached hydrogens (tertiary/aromatic N) is 3. The van der Waals surface area contributed by atoms with Gasteiger partial charge in [-0.15, -0.1) is 0 Å². The van der Waals surface area contributed by atoms with Gasteiger partial charge in [-0.2, -0.15) is 0 Å². The first kappa shape index (κ1) is 31.9. The number of benzene rings is 3. The summed E-state index contributed by atoms with van der Waals surface area (Å²) in [5.74, 6) is 0.609. The third-order valence-electron chi connectivity index (χ3n) is 5.93. The molecule has 0 saturated heterocycles. The van der Waals surface area contributed by atoms with Gasteiger partial charge in [-0.1, -0.05) is 153 Å². The highest BCUT2D eigenvalue weighted by molar-refractivity contribution is 6.79. The van der Waals surface area contributed by atoms with E-state index in [4.69, 9.17) is 119 Å². The molecule has 0 spiro atoms. The second-order valence-electron chi connectivity index (χ2n) is 8.36. The quantitative estimate of drug-likeness (QED) is 0.195. The summed E-state index contributed by atoms with van der Waals surface area (Å²) in [7, 11) is 3.13. The van der Waals surface area contributed by atoms with Crippen LogP contribution < -0.4 is 9.47 Å². The van der Waals surface area contributed by atoms with Crippen LogP contribution in [0.4, 0.5) is 0 Å². The maximum Gasteiger partial charge on any atom is 0.271 e. The molecule has 1 atom stereocenters. The summed E-state index contributed by atoms with van der Waals surface area (Å²) in [6.45, 7) is 0. The summed E-state index contributed by atoms with van der Waals surface area (Å²) in [6, 6.07) is 18.1. The van der Waals surface area contributed by atoms with Gasteiger partial charge in [0.2, 0.25) is 7.59 Å². The summed E-state index contributed by atoms with van der Waals surface area (Å²) in [6.07, 6.45) is 3.38. The van der Waals surface area contributed by atoms with E-state index in [9.17, 15) is 0 Å². The molecule has 1 aliphatic heterocycles. The lowest BCUT2D eigenvalue weighted by molar-refractivity contribution is 0.233. The molecular weight excluding hydrogens is 705 g/mol. The number of hydrogen-bond donors (Lipinski definition) is 0. The van der Waals surface area contributed by atoms with Crippen LogP contribution in [0, 0.1) is 0 Å². The molecule has 14 heteroatoms. The lowest BCUT2D eigenvalue weighted by atomic mass is 9.90. The van der Waals surface area contributed by atoms with Gasteiger partial charge >= 0.3 is 0 Å². The van der Waals surface area contributed by atoms with Crippen molar-refractivity contribution in [3.63, 3.8) is 0 Å². The minimum absolute atomic E-state index is 0.302. The van der Waals surface area contributed by atoms with Gasteiger partial charge in [0.05, 0.1) is 14.2 Å². The standard InChI is InChI=1S/C26H18Cl9N3O2/c1-39-16-9-7-15(8-10-16)13-14-23(19-11-12-20(40-2)18-6-4-3-5-17(18)19)37-21(24(27,28)29)36-22(25(30,31)32)38(23)26(33,34)35/h3-14H,1-2H3. The number of fused-ring (bicyclic) bond motifs is 1. The van der Waals surface area contributed by atoms with Crippen molar-refractivity contribution in [1.82, 2.24) is 4.90 Å². The fourth-order valence-corrected chi connectivity index (χ4v) is 5.52. The molecule has 0 fully saturated rings. The summed E-state index contributed by atoms with van der Waals surface area (Å²) in [5, 5.41) is 1.39. The number of rotatable bonds is 5. The van der Waals surface area contributed by atoms with E-state index < -0.39 is 17.2 Å². The van der Waals surface area contributed by atoms with Crippen molar-refractivity contribution in [3.05, 3.63) is 77.9 Å². The molecule has 0 N–H and O–H groups in total. The van der Waals surface area contributed by atoms with E-state index in [0.29, 0.717) is 22.4 Å². The highest BCUT2D eigenvalue weighted by Gasteiger charge is 2.56. The Morgan fingerprint density at radius 1 is 0.750 bits per heavy atom. The molecule has 0 aromatic heterocycles. The summed E-state index contributed by atoms with van der Waals surface area (Å²) in [4.78, 5) is 10.2. The second kappa shape index (κ2) is 11.9. The highest BCUT2D eigenvalue weighted by Crippen LogP contribution is 2.52. The molecule has 212 valence electrons. The van der Waals surface area contributed by atoms with E-state index in [-0.39, 0.29) is 11.7 Å². The minimum Gasteiger partial charge on any atom is -0.497 e. The van der Waals surface area contributed by atoms with Crippen molar-refractivity contribution in [1.29, 1.82) is 0 Å². The Hall–Kier alpha value is -0.990. The van der Waals surface area contributed by atoms with E-state index in [2.05, 4.69) is 4.99 Å². The Morgan fingerprint density at radius 3 is 1.90 bits per heavy atom. The molecule has 1 unspecified atom stereocenters. The SMILES string of the molecule is COc1ccc(C=CC2(c3ccc(OC)c4ccccc34)N=C(C(Cl)(Cl)Cl)N=C(C(Cl)(Cl)Cl)N2C(Cl)(Cl)Cl)cc1. The van der Waals surface area contributed by atoms with Gasteiger partial charge in [0.15, 0.2) is 17.3 Å². The zero-order valence-corrected chi connectivity index (χ0v) is 27.3. The molecule has 0 radical (unpaired) electrons.